The SMILES string of the molecule is O=[C]NCc1ccc2c(c1)CCO2. The van der Waals surface area contributed by atoms with Gasteiger partial charge in [-0.3, -0.25) is 4.79 Å². The Morgan fingerprint density at radius 3 is 3.31 bits per heavy atom. The highest BCUT2D eigenvalue weighted by molar-refractivity contribution is 5.48. The molecule has 3 nitrogen and oxygen atoms in total. The van der Waals surface area contributed by atoms with Gasteiger partial charge >= 0.3 is 6.41 Å². The van der Waals surface area contributed by atoms with Crippen molar-refractivity contribution in [2.45, 2.75) is 13.0 Å². The Bertz CT molecular complexity index is 323. The van der Waals surface area contributed by atoms with Crippen LogP contribution >= 0.6 is 0 Å². The van der Waals surface area contributed by atoms with E-state index in [1.807, 2.05) is 12.1 Å². The van der Waals surface area contributed by atoms with E-state index in [2.05, 4.69) is 11.4 Å². The number of amides is 1. The molecule has 1 heterocycles. The zero-order chi connectivity index (χ0) is 9.10. The lowest BCUT2D eigenvalue weighted by Crippen LogP contribution is -2.09. The Kier molecular flexibility index (Phi) is 2.17. The minimum absolute atomic E-state index is 0.538. The van der Waals surface area contributed by atoms with E-state index < -0.39 is 0 Å². The Hall–Kier alpha value is -1.51. The summed E-state index contributed by atoms with van der Waals surface area (Å²) < 4.78 is 5.36. The van der Waals surface area contributed by atoms with Gasteiger partial charge in [-0.05, 0) is 17.2 Å². The normalized spacial score (nSPS) is 13.2. The number of fused-ring (bicyclic) bond motifs is 1. The minimum atomic E-state index is 0.538. The fourth-order valence-corrected chi connectivity index (χ4v) is 1.49. The summed E-state index contributed by atoms with van der Waals surface area (Å²) in [5, 5.41) is 2.51. The van der Waals surface area contributed by atoms with E-state index in [1.165, 1.54) is 5.56 Å². The quantitative estimate of drug-likeness (QED) is 0.691. The van der Waals surface area contributed by atoms with Gasteiger partial charge in [-0.25, -0.2) is 0 Å². The summed E-state index contributed by atoms with van der Waals surface area (Å²) in [6.45, 7) is 1.31. The van der Waals surface area contributed by atoms with Crippen molar-refractivity contribution < 1.29 is 9.53 Å². The van der Waals surface area contributed by atoms with Gasteiger partial charge in [0.15, 0.2) is 0 Å². The summed E-state index contributed by atoms with van der Waals surface area (Å²) in [4.78, 5) is 9.95. The van der Waals surface area contributed by atoms with E-state index in [1.54, 1.807) is 6.41 Å². The Morgan fingerprint density at radius 2 is 2.46 bits per heavy atom. The van der Waals surface area contributed by atoms with E-state index in [-0.39, 0.29) is 0 Å². The number of ether oxygens (including phenoxy) is 1. The first-order valence-electron chi connectivity index (χ1n) is 4.25. The molecule has 1 radical (unpaired) electrons. The molecule has 0 aliphatic carbocycles. The molecular weight excluding hydrogens is 166 g/mol. The van der Waals surface area contributed by atoms with Gasteiger partial charge in [0.2, 0.25) is 0 Å². The third-order valence-electron chi connectivity index (χ3n) is 2.12. The Balaban J connectivity index is 2.16. The number of hydrogen-bond acceptors (Lipinski definition) is 2. The maximum atomic E-state index is 9.95. The van der Waals surface area contributed by atoms with Crippen LogP contribution in [0.3, 0.4) is 0 Å². The molecule has 67 valence electrons. The number of hydrogen-bond donors (Lipinski definition) is 1. The van der Waals surface area contributed by atoms with Crippen molar-refractivity contribution in [1.82, 2.24) is 5.32 Å². The summed E-state index contributed by atoms with van der Waals surface area (Å²) in [5.74, 6) is 0.971. The largest absolute Gasteiger partial charge is 0.493 e. The molecule has 1 aliphatic rings. The molecule has 1 aromatic carbocycles. The summed E-state index contributed by atoms with van der Waals surface area (Å²) in [7, 11) is 0. The molecule has 0 unspecified atom stereocenters. The van der Waals surface area contributed by atoms with Gasteiger partial charge in [0.25, 0.3) is 0 Å². The highest BCUT2D eigenvalue weighted by Crippen LogP contribution is 2.25. The number of benzene rings is 1. The molecule has 0 fully saturated rings. The van der Waals surface area contributed by atoms with Crippen molar-refractivity contribution in [3.63, 3.8) is 0 Å². The van der Waals surface area contributed by atoms with Crippen LogP contribution in [0.25, 0.3) is 0 Å². The van der Waals surface area contributed by atoms with E-state index in [0.29, 0.717) is 6.54 Å². The number of carbonyl (C=O) groups excluding carboxylic acids is 1. The number of rotatable bonds is 3. The molecule has 1 amide bonds. The van der Waals surface area contributed by atoms with Crippen LogP contribution in [0.4, 0.5) is 0 Å². The first-order chi connectivity index (χ1) is 6.40. The van der Waals surface area contributed by atoms with Crippen LogP contribution in [0, 0.1) is 0 Å². The van der Waals surface area contributed by atoms with Gasteiger partial charge in [-0.2, -0.15) is 0 Å². The van der Waals surface area contributed by atoms with Gasteiger partial charge in [0.05, 0.1) is 6.61 Å². The van der Waals surface area contributed by atoms with Gasteiger partial charge in [-0.15, -0.1) is 0 Å². The second-order valence-electron chi connectivity index (χ2n) is 3.00. The molecule has 1 N–H and O–H groups in total. The highest BCUT2D eigenvalue weighted by Gasteiger charge is 2.11. The van der Waals surface area contributed by atoms with Crippen molar-refractivity contribution in [3.8, 4) is 5.75 Å². The van der Waals surface area contributed by atoms with E-state index in [4.69, 9.17) is 4.74 Å². The van der Waals surface area contributed by atoms with Gasteiger partial charge in [-0.1, -0.05) is 12.1 Å². The molecule has 0 aromatic heterocycles. The number of nitrogens with one attached hydrogen (secondary N) is 1. The predicted octanol–water partition coefficient (Wildman–Crippen LogP) is 0.778. The maximum Gasteiger partial charge on any atom is 0.309 e. The van der Waals surface area contributed by atoms with E-state index in [9.17, 15) is 4.79 Å². The molecule has 0 saturated heterocycles. The van der Waals surface area contributed by atoms with Crippen molar-refractivity contribution in [2.24, 2.45) is 0 Å². The average molecular weight is 176 g/mol. The fraction of sp³-hybridized carbons (Fsp3) is 0.300. The van der Waals surface area contributed by atoms with Crippen LogP contribution in [-0.4, -0.2) is 13.0 Å². The van der Waals surface area contributed by atoms with Crippen LogP contribution < -0.4 is 10.1 Å². The predicted molar refractivity (Wildman–Crippen MR) is 48.2 cm³/mol. The third-order valence-corrected chi connectivity index (χ3v) is 2.12. The van der Waals surface area contributed by atoms with Gasteiger partial charge in [0, 0.05) is 13.0 Å². The lowest BCUT2D eigenvalue weighted by molar-refractivity contribution is 0.357. The highest BCUT2D eigenvalue weighted by atomic mass is 16.5. The monoisotopic (exact) mass is 176 g/mol. The van der Waals surface area contributed by atoms with Crippen LogP contribution in [0.5, 0.6) is 5.75 Å². The minimum Gasteiger partial charge on any atom is -0.493 e. The summed E-state index contributed by atoms with van der Waals surface area (Å²) in [5.41, 5.74) is 2.32. The van der Waals surface area contributed by atoms with Crippen molar-refractivity contribution in [2.75, 3.05) is 6.61 Å². The first kappa shape index (κ1) is 8.10. The molecule has 0 spiro atoms. The Labute approximate surface area is 76.7 Å². The van der Waals surface area contributed by atoms with Gasteiger partial charge < -0.3 is 10.1 Å². The van der Waals surface area contributed by atoms with Crippen LogP contribution in [-0.2, 0) is 17.8 Å². The molecule has 1 aromatic rings. The summed E-state index contributed by atoms with van der Waals surface area (Å²) in [6, 6.07) is 5.96. The van der Waals surface area contributed by atoms with E-state index >= 15 is 0 Å². The standard InChI is InChI=1S/C10H10NO2/c12-7-11-6-8-1-2-10-9(5-8)3-4-13-10/h1-2,5H,3-4,6H2,(H,11,12). The summed E-state index contributed by atoms with van der Waals surface area (Å²) in [6.07, 6.45) is 2.62. The van der Waals surface area contributed by atoms with Crippen LogP contribution in [0.15, 0.2) is 18.2 Å². The first-order valence-corrected chi connectivity index (χ1v) is 4.25. The van der Waals surface area contributed by atoms with Crippen LogP contribution in [0.2, 0.25) is 0 Å². The topological polar surface area (TPSA) is 38.3 Å². The van der Waals surface area contributed by atoms with Gasteiger partial charge in [0.1, 0.15) is 5.75 Å². The molecule has 0 atom stereocenters. The smallest absolute Gasteiger partial charge is 0.309 e. The second-order valence-corrected chi connectivity index (χ2v) is 3.00. The summed E-state index contributed by atoms with van der Waals surface area (Å²) >= 11 is 0. The lowest BCUT2D eigenvalue weighted by atomic mass is 10.1. The van der Waals surface area contributed by atoms with Crippen molar-refractivity contribution in [3.05, 3.63) is 29.3 Å². The molecule has 3 heteroatoms. The molecule has 2 rings (SSSR count). The third kappa shape index (κ3) is 1.64. The zero-order valence-corrected chi connectivity index (χ0v) is 7.17. The zero-order valence-electron chi connectivity index (χ0n) is 7.17. The molecular formula is C10H10NO2. The average Bonchev–Trinajstić information content (AvgIpc) is 2.61. The van der Waals surface area contributed by atoms with Crippen molar-refractivity contribution >= 4 is 6.41 Å². The fourth-order valence-electron chi connectivity index (χ4n) is 1.49. The van der Waals surface area contributed by atoms with Crippen LogP contribution in [0.1, 0.15) is 11.1 Å². The second kappa shape index (κ2) is 3.47. The lowest BCUT2D eigenvalue weighted by Gasteiger charge is -2.02. The molecule has 0 saturated carbocycles. The molecule has 13 heavy (non-hydrogen) atoms. The maximum absolute atomic E-state index is 9.95. The molecule has 1 aliphatic heterocycles. The van der Waals surface area contributed by atoms with Crippen molar-refractivity contribution in [1.29, 1.82) is 0 Å². The molecule has 0 bridgehead atoms. The van der Waals surface area contributed by atoms with E-state index in [0.717, 1.165) is 24.3 Å². The Morgan fingerprint density at radius 1 is 1.54 bits per heavy atom.